The molecule has 44 heavy (non-hydrogen) atoms. The molecule has 1 heterocycles. The van der Waals surface area contributed by atoms with E-state index in [1.165, 1.54) is 43.8 Å². The van der Waals surface area contributed by atoms with Crippen molar-refractivity contribution in [2.75, 3.05) is 0 Å². The average molecular weight is 885 g/mol. The van der Waals surface area contributed by atoms with E-state index in [0.717, 1.165) is 0 Å². The molecule has 0 aliphatic rings. The third-order valence-electron chi connectivity index (χ3n) is 5.77. The van der Waals surface area contributed by atoms with E-state index in [0.29, 0.717) is 0 Å². The van der Waals surface area contributed by atoms with Crippen molar-refractivity contribution in [3.05, 3.63) is 192 Å². The molecule has 0 fully saturated rings. The topological polar surface area (TPSA) is 12.9 Å². The van der Waals surface area contributed by atoms with Crippen LogP contribution in [0, 0.1) is 57.4 Å². The summed E-state index contributed by atoms with van der Waals surface area (Å²) in [6.45, 7) is 8.39. The maximum atomic E-state index is 3.88. The fraction of sp³-hybridized carbons (Fsp3) is 0.103. The molecule has 0 spiro atoms. The minimum atomic E-state index is 0. The monoisotopic (exact) mass is 885 g/mol. The van der Waals surface area contributed by atoms with Crippen LogP contribution >= 0.6 is 0 Å². The Morgan fingerprint density at radius 3 is 1.02 bits per heavy atom. The Morgan fingerprint density at radius 2 is 0.727 bits per heavy atom. The van der Waals surface area contributed by atoms with Gasteiger partial charge in [-0.05, 0) is 72.0 Å². The summed E-state index contributed by atoms with van der Waals surface area (Å²) in [7, 11) is 0. The first-order valence-electron chi connectivity index (χ1n) is 12.3. The second-order valence-electron chi connectivity index (χ2n) is 8.78. The van der Waals surface area contributed by atoms with Crippen LogP contribution in [-0.4, -0.2) is 4.98 Å². The van der Waals surface area contributed by atoms with Crippen molar-refractivity contribution >= 4 is 21.5 Å². The van der Waals surface area contributed by atoms with Crippen molar-refractivity contribution in [3.63, 3.8) is 0 Å². The van der Waals surface area contributed by atoms with Crippen LogP contribution < -0.4 is 0 Å². The van der Waals surface area contributed by atoms with E-state index < -0.39 is 0 Å². The first kappa shape index (κ1) is 56.5. The van der Waals surface area contributed by atoms with Crippen LogP contribution in [0.15, 0.2) is 140 Å². The predicted octanol–water partition coefficient (Wildman–Crippen LogP) is 11.5. The molecule has 4 radical (unpaired) electrons. The Morgan fingerprint density at radius 1 is 0.364 bits per heavy atom. The van der Waals surface area contributed by atoms with Crippen molar-refractivity contribution in [1.82, 2.24) is 4.98 Å². The quantitative estimate of drug-likeness (QED) is 0.139. The molecule has 0 saturated heterocycles. The first-order chi connectivity index (χ1) is 17.5. The smallest absolute Gasteiger partial charge is 0.0297 e. The van der Waals surface area contributed by atoms with E-state index in [2.05, 4.69) is 123 Å². The summed E-state index contributed by atoms with van der Waals surface area (Å²) < 4.78 is 0. The van der Waals surface area contributed by atoms with Crippen LogP contribution in [-0.2, 0) is 131 Å². The van der Waals surface area contributed by atoms with Crippen molar-refractivity contribution < 1.29 is 131 Å². The normalized spacial score (nSPS) is 7.91. The Hall–Kier alpha value is 0.186. The minimum absolute atomic E-state index is 0. The number of benzene rings is 5. The van der Waals surface area contributed by atoms with E-state index >= 15 is 0 Å². The van der Waals surface area contributed by atoms with Gasteiger partial charge in [0.1, 0.15) is 0 Å². The number of aromatic nitrogens is 1. The molecule has 0 aliphatic heterocycles. The third-order valence-corrected chi connectivity index (χ3v) is 5.77. The SMILES string of the molecule is Cc1cccc2ccccc12.Cc1cccc2ccccc12.Cc1ccccc1.Cc1cccnc1.[CH3-].[CH3-].[CH3-].[CH3-].[Y].[Y].[Y].[Y]. The zero-order chi connectivity index (χ0) is 25.6. The summed E-state index contributed by atoms with van der Waals surface area (Å²) in [5.41, 5.74) is 5.23. The van der Waals surface area contributed by atoms with Crippen molar-refractivity contribution in [2.45, 2.75) is 27.7 Å². The molecule has 5 heteroatoms. The molecule has 0 aliphatic carbocycles. The maximum Gasteiger partial charge on any atom is 0.0297 e. The van der Waals surface area contributed by atoms with E-state index in [-0.39, 0.29) is 161 Å². The van der Waals surface area contributed by atoms with Gasteiger partial charge in [0.05, 0.1) is 0 Å². The van der Waals surface area contributed by atoms with E-state index in [1.807, 2.05) is 43.5 Å². The molecule has 1 aromatic heterocycles. The molecular formula is C39H47NY4-4. The largest absolute Gasteiger partial charge is 0.358 e. The Bertz CT molecular complexity index is 1350. The van der Waals surface area contributed by atoms with Gasteiger partial charge in [-0.1, -0.05) is 127 Å². The molecular weight excluding hydrogens is 838 g/mol. The van der Waals surface area contributed by atoms with Crippen LogP contribution in [0.3, 0.4) is 0 Å². The Labute approximate surface area is 371 Å². The molecule has 0 saturated carbocycles. The average Bonchev–Trinajstić information content (AvgIpc) is 2.91. The van der Waals surface area contributed by atoms with Gasteiger partial charge in [-0.25, -0.2) is 0 Å². The predicted molar refractivity (Wildman–Crippen MR) is 183 cm³/mol. The van der Waals surface area contributed by atoms with Crippen molar-refractivity contribution in [2.24, 2.45) is 0 Å². The van der Waals surface area contributed by atoms with Gasteiger partial charge in [0.15, 0.2) is 0 Å². The Balaban J connectivity index is -0.000000105. The second kappa shape index (κ2) is 33.1. The number of nitrogens with zero attached hydrogens (tertiary/aromatic N) is 1. The summed E-state index contributed by atoms with van der Waals surface area (Å²) in [4.78, 5) is 3.88. The van der Waals surface area contributed by atoms with Crippen LogP contribution in [0.1, 0.15) is 22.3 Å². The van der Waals surface area contributed by atoms with Gasteiger partial charge in [0.2, 0.25) is 0 Å². The van der Waals surface area contributed by atoms with Gasteiger partial charge < -0.3 is 29.7 Å². The molecule has 0 atom stereocenters. The standard InChI is InChI=1S/2C11H10.C7H8.C6H7N.4CH3.4Y/c2*1-9-5-4-7-10-6-2-3-8-11(9)10;1-7-5-3-2-4-6-7;1-6-3-2-4-7-5-6;;;;;;;;/h2*2-8H,1H3;2-6H,1H3;2-5H,1H3;4*1H3;;;;/q;;;;4*-1;;;;. The van der Waals surface area contributed by atoms with Crippen LogP contribution in [0.5, 0.6) is 0 Å². The van der Waals surface area contributed by atoms with Crippen molar-refractivity contribution in [3.8, 4) is 0 Å². The zero-order valence-electron chi connectivity index (χ0n) is 28.0. The Kier molecular flexibility index (Phi) is 42.5. The van der Waals surface area contributed by atoms with Gasteiger partial charge in [-0.15, -0.1) is 0 Å². The fourth-order valence-electron chi connectivity index (χ4n) is 3.76. The van der Waals surface area contributed by atoms with Gasteiger partial charge in [0.25, 0.3) is 0 Å². The molecule has 0 amide bonds. The maximum absolute atomic E-state index is 3.88. The molecule has 0 unspecified atom stereocenters. The van der Waals surface area contributed by atoms with Gasteiger partial charge in [0, 0.05) is 143 Å². The summed E-state index contributed by atoms with van der Waals surface area (Å²) >= 11 is 0. The summed E-state index contributed by atoms with van der Waals surface area (Å²) in [6.07, 6.45) is 3.60. The molecule has 6 aromatic rings. The third kappa shape index (κ3) is 21.1. The number of aryl methyl sites for hydroxylation is 4. The summed E-state index contributed by atoms with van der Waals surface area (Å²) in [5.74, 6) is 0. The molecule has 6 rings (SSSR count). The van der Waals surface area contributed by atoms with Gasteiger partial charge >= 0.3 is 0 Å². The summed E-state index contributed by atoms with van der Waals surface area (Å²) in [5, 5.41) is 5.37. The second-order valence-corrected chi connectivity index (χ2v) is 8.78. The number of rotatable bonds is 0. The van der Waals surface area contributed by atoms with Crippen LogP contribution in [0.4, 0.5) is 0 Å². The van der Waals surface area contributed by atoms with Crippen molar-refractivity contribution in [1.29, 1.82) is 0 Å². The molecule has 0 bridgehead atoms. The number of fused-ring (bicyclic) bond motifs is 2. The number of hydrogen-bond donors (Lipinski definition) is 0. The zero-order valence-corrected chi connectivity index (χ0v) is 39.4. The fourth-order valence-corrected chi connectivity index (χ4v) is 3.76. The molecule has 5 aromatic carbocycles. The molecule has 1 nitrogen and oxygen atoms in total. The summed E-state index contributed by atoms with van der Waals surface area (Å²) in [6, 6.07) is 43.9. The van der Waals surface area contributed by atoms with E-state index in [1.54, 1.807) is 6.20 Å². The molecule has 0 N–H and O–H groups in total. The van der Waals surface area contributed by atoms with E-state index in [4.69, 9.17) is 0 Å². The van der Waals surface area contributed by atoms with Gasteiger partial charge in [-0.3, -0.25) is 4.98 Å². The first-order valence-corrected chi connectivity index (χ1v) is 12.3. The number of hydrogen-bond acceptors (Lipinski definition) is 1. The minimum Gasteiger partial charge on any atom is -0.358 e. The molecule has 224 valence electrons. The van der Waals surface area contributed by atoms with Crippen LogP contribution in [0.2, 0.25) is 0 Å². The van der Waals surface area contributed by atoms with Crippen LogP contribution in [0.25, 0.3) is 21.5 Å². The van der Waals surface area contributed by atoms with E-state index in [9.17, 15) is 0 Å². The number of pyridine rings is 1. The van der Waals surface area contributed by atoms with Gasteiger partial charge in [-0.2, -0.15) is 0 Å².